The minimum Gasteiger partial charge on any atom is -0.387 e. The molecule has 31 heavy (non-hydrogen) atoms. The fourth-order valence-electron chi connectivity index (χ4n) is 2.85. The average Bonchev–Trinajstić information content (AvgIpc) is 2.64. The second kappa shape index (κ2) is 10.1. The van der Waals surface area contributed by atoms with Crippen molar-refractivity contribution in [3.8, 4) is 0 Å². The van der Waals surface area contributed by atoms with E-state index in [-0.39, 0.29) is 0 Å². The Balaban J connectivity index is 2.19. The molecule has 184 valence electrons. The minimum atomic E-state index is -5.00. The zero-order valence-electron chi connectivity index (χ0n) is 15.3. The van der Waals surface area contributed by atoms with Crippen LogP contribution in [-0.4, -0.2) is 131 Å². The highest BCUT2D eigenvalue weighted by Crippen LogP contribution is 2.29. The molecule has 0 aliphatic carbocycles. The Bertz CT molecular complexity index is 800. The molecule has 19 heteroatoms. The van der Waals surface area contributed by atoms with Gasteiger partial charge in [-0.3, -0.25) is 9.11 Å². The Morgan fingerprint density at radius 1 is 0.645 bits per heavy atom. The van der Waals surface area contributed by atoms with Gasteiger partial charge in [-0.1, -0.05) is 0 Å². The first kappa shape index (κ1) is 26.6. The summed E-state index contributed by atoms with van der Waals surface area (Å²) in [4.78, 5) is 0. The zero-order valence-corrected chi connectivity index (χ0v) is 16.9. The van der Waals surface area contributed by atoms with Crippen molar-refractivity contribution in [2.75, 3.05) is 13.2 Å². The number of hydrogen-bond acceptors (Lipinski definition) is 15. The summed E-state index contributed by atoms with van der Waals surface area (Å²) in [5.41, 5.74) is 0. The molecule has 17 nitrogen and oxygen atoms in total. The zero-order chi connectivity index (χ0) is 23.7. The van der Waals surface area contributed by atoms with Crippen LogP contribution in [0.2, 0.25) is 0 Å². The van der Waals surface area contributed by atoms with E-state index in [0.29, 0.717) is 0 Å². The maximum atomic E-state index is 10.8. The summed E-state index contributed by atoms with van der Waals surface area (Å²) in [6, 6.07) is 0. The fraction of sp³-hybridized carbons (Fsp3) is 1.00. The van der Waals surface area contributed by atoms with Crippen LogP contribution in [0.25, 0.3) is 0 Å². The molecule has 0 aromatic rings. The molecule has 0 saturated carbocycles. The highest BCUT2D eigenvalue weighted by Gasteiger charge is 2.50. The number of ether oxygens (including phenoxy) is 3. The number of hydrogen-bond donors (Lipinski definition) is 8. The SMILES string of the molecule is O=S(=O)(O)OC[C@H]1O[C@H](O[C@H]2[C@H](O)[C@@H](O)[C@H](O)O[C@@H]2COS(=O)(=O)O)[C@H](O)[C@@H](O)[C@@H]1O. The molecule has 8 N–H and O–H groups in total. The van der Waals surface area contributed by atoms with Crippen LogP contribution < -0.4 is 0 Å². The van der Waals surface area contributed by atoms with E-state index in [1.165, 1.54) is 0 Å². The summed E-state index contributed by atoms with van der Waals surface area (Å²) in [6.07, 6.45) is -19.2. The fourth-order valence-corrected chi connectivity index (χ4v) is 3.46. The van der Waals surface area contributed by atoms with E-state index in [9.17, 15) is 47.5 Å². The largest absolute Gasteiger partial charge is 0.397 e. The van der Waals surface area contributed by atoms with Crippen molar-refractivity contribution in [2.24, 2.45) is 0 Å². The van der Waals surface area contributed by atoms with Crippen molar-refractivity contribution in [1.29, 1.82) is 0 Å². The van der Waals surface area contributed by atoms with Gasteiger partial charge in [-0.15, -0.1) is 0 Å². The van der Waals surface area contributed by atoms with Gasteiger partial charge in [0.2, 0.25) is 0 Å². The van der Waals surface area contributed by atoms with Gasteiger partial charge in [-0.25, -0.2) is 8.37 Å². The van der Waals surface area contributed by atoms with Gasteiger partial charge in [-0.2, -0.15) is 16.8 Å². The standard InChI is InChI=1S/C12H22O17S2/c13-5-3(1-25-30(19,20)21)28-12(9(17)6(5)14)29-10-4(2-26-31(22,23)24)27-11(18)8(16)7(10)15/h3-18H,1-2H2,(H,19,20,21)(H,22,23,24)/t3-,4-,5-,6+,7-,8-,9-,10-,11-,12-/m1/s1. The van der Waals surface area contributed by atoms with Gasteiger partial charge in [0.25, 0.3) is 0 Å². The second-order valence-corrected chi connectivity index (χ2v) is 8.77. The molecule has 2 rings (SSSR count). The van der Waals surface area contributed by atoms with Crippen molar-refractivity contribution >= 4 is 20.8 Å². The molecular formula is C12H22O17S2. The Morgan fingerprint density at radius 3 is 1.68 bits per heavy atom. The minimum absolute atomic E-state index is 1.04. The number of aliphatic hydroxyl groups excluding tert-OH is 6. The van der Waals surface area contributed by atoms with Gasteiger partial charge in [0.05, 0.1) is 13.2 Å². The van der Waals surface area contributed by atoms with Crippen LogP contribution in [0.1, 0.15) is 0 Å². The van der Waals surface area contributed by atoms with Crippen molar-refractivity contribution in [2.45, 2.75) is 61.4 Å². The molecule has 2 heterocycles. The maximum Gasteiger partial charge on any atom is 0.397 e. The maximum absolute atomic E-state index is 10.8. The third-order valence-corrected chi connectivity index (χ3v) is 5.25. The first-order valence-electron chi connectivity index (χ1n) is 8.39. The van der Waals surface area contributed by atoms with Gasteiger partial charge in [0.1, 0.15) is 48.8 Å². The Morgan fingerprint density at radius 2 is 1.16 bits per heavy atom. The normalized spacial score (nSPS) is 42.5. The molecule has 2 aliphatic heterocycles. The van der Waals surface area contributed by atoms with Crippen LogP contribution in [0.4, 0.5) is 0 Å². The smallest absolute Gasteiger partial charge is 0.387 e. The van der Waals surface area contributed by atoms with E-state index in [1.54, 1.807) is 0 Å². The highest BCUT2D eigenvalue weighted by atomic mass is 32.3. The lowest BCUT2D eigenvalue weighted by atomic mass is 9.97. The van der Waals surface area contributed by atoms with Gasteiger partial charge in [0, 0.05) is 0 Å². The topological polar surface area (TPSA) is 276 Å². The lowest BCUT2D eigenvalue weighted by Gasteiger charge is -2.45. The molecule has 2 aliphatic rings. The predicted molar refractivity (Wildman–Crippen MR) is 89.4 cm³/mol. The molecule has 0 aromatic carbocycles. The lowest BCUT2D eigenvalue weighted by Crippen LogP contribution is -2.64. The molecule has 0 radical (unpaired) electrons. The summed E-state index contributed by atoms with van der Waals surface area (Å²) >= 11 is 0. The lowest BCUT2D eigenvalue weighted by molar-refractivity contribution is -0.354. The Kier molecular flexibility index (Phi) is 8.68. The quantitative estimate of drug-likeness (QED) is 0.143. The van der Waals surface area contributed by atoms with Crippen LogP contribution >= 0.6 is 0 Å². The summed E-state index contributed by atoms with van der Waals surface area (Å²) < 4.78 is 83.5. The van der Waals surface area contributed by atoms with Crippen molar-refractivity contribution < 1.29 is 79.2 Å². The monoisotopic (exact) mass is 502 g/mol. The van der Waals surface area contributed by atoms with Crippen molar-refractivity contribution in [3.63, 3.8) is 0 Å². The number of rotatable bonds is 8. The van der Waals surface area contributed by atoms with E-state index < -0.39 is 95.4 Å². The Hall–Kier alpha value is -0.620. The van der Waals surface area contributed by atoms with Crippen LogP contribution in [0.3, 0.4) is 0 Å². The van der Waals surface area contributed by atoms with E-state index in [0.717, 1.165) is 0 Å². The molecular weight excluding hydrogens is 480 g/mol. The second-order valence-electron chi connectivity index (χ2n) is 6.59. The molecule has 0 bridgehead atoms. The predicted octanol–water partition coefficient (Wildman–Crippen LogP) is -5.74. The van der Waals surface area contributed by atoms with E-state index >= 15 is 0 Å². The van der Waals surface area contributed by atoms with Crippen molar-refractivity contribution in [1.82, 2.24) is 0 Å². The van der Waals surface area contributed by atoms with Crippen LogP contribution in [-0.2, 0) is 43.4 Å². The Labute approximate surface area is 175 Å². The highest BCUT2D eigenvalue weighted by molar-refractivity contribution is 7.81. The van der Waals surface area contributed by atoms with E-state index in [1.807, 2.05) is 0 Å². The van der Waals surface area contributed by atoms with Gasteiger partial charge >= 0.3 is 20.8 Å². The summed E-state index contributed by atoms with van der Waals surface area (Å²) in [6.45, 7) is -2.09. The molecule has 0 aromatic heterocycles. The van der Waals surface area contributed by atoms with Gasteiger partial charge in [-0.05, 0) is 0 Å². The average molecular weight is 502 g/mol. The third-order valence-electron chi connectivity index (χ3n) is 4.38. The first-order chi connectivity index (χ1) is 14.1. The van der Waals surface area contributed by atoms with Gasteiger partial charge < -0.3 is 44.8 Å². The molecule has 2 fully saturated rings. The molecule has 0 unspecified atom stereocenters. The van der Waals surface area contributed by atoms with Crippen LogP contribution in [0, 0.1) is 0 Å². The first-order valence-corrected chi connectivity index (χ1v) is 11.1. The number of aliphatic hydroxyl groups is 6. The molecule has 10 atom stereocenters. The molecule has 0 spiro atoms. The van der Waals surface area contributed by atoms with Crippen molar-refractivity contribution in [3.05, 3.63) is 0 Å². The summed E-state index contributed by atoms with van der Waals surface area (Å²) in [5.74, 6) is 0. The summed E-state index contributed by atoms with van der Waals surface area (Å²) in [5, 5.41) is 59.4. The molecule has 0 amide bonds. The summed E-state index contributed by atoms with van der Waals surface area (Å²) in [7, 11) is -9.97. The van der Waals surface area contributed by atoms with Crippen LogP contribution in [0.5, 0.6) is 0 Å². The molecule has 2 saturated heterocycles. The van der Waals surface area contributed by atoms with E-state index in [4.69, 9.17) is 23.3 Å². The van der Waals surface area contributed by atoms with Crippen LogP contribution in [0.15, 0.2) is 0 Å². The van der Waals surface area contributed by atoms with E-state index in [2.05, 4.69) is 8.37 Å². The third kappa shape index (κ3) is 7.18. The van der Waals surface area contributed by atoms with Gasteiger partial charge in [0.15, 0.2) is 12.6 Å².